The standard InChI is InChI=1S/C13H18N4O/c1-9(14-12(18)13(2,3)4)11-16-15-10-7-5-6-8-17(10)11/h5-9H,1-4H3,(H,14,18). The lowest BCUT2D eigenvalue weighted by Gasteiger charge is -2.20. The van der Waals surface area contributed by atoms with Crippen molar-refractivity contribution in [1.29, 1.82) is 0 Å². The molecular formula is C13H18N4O. The number of hydrogen-bond donors (Lipinski definition) is 1. The number of pyridine rings is 1. The summed E-state index contributed by atoms with van der Waals surface area (Å²) in [5.41, 5.74) is 0.374. The van der Waals surface area contributed by atoms with E-state index >= 15 is 0 Å². The minimum Gasteiger partial charge on any atom is -0.346 e. The summed E-state index contributed by atoms with van der Waals surface area (Å²) >= 11 is 0. The highest BCUT2D eigenvalue weighted by Crippen LogP contribution is 2.17. The highest BCUT2D eigenvalue weighted by Gasteiger charge is 2.24. The lowest BCUT2D eigenvalue weighted by molar-refractivity contribution is -0.129. The van der Waals surface area contributed by atoms with E-state index in [1.807, 2.05) is 56.5 Å². The normalized spacial score (nSPS) is 13.6. The Morgan fingerprint density at radius 3 is 2.72 bits per heavy atom. The van der Waals surface area contributed by atoms with Crippen LogP contribution in [0.25, 0.3) is 5.65 Å². The van der Waals surface area contributed by atoms with Crippen LogP contribution in [0.2, 0.25) is 0 Å². The third-order valence-corrected chi connectivity index (χ3v) is 2.76. The topological polar surface area (TPSA) is 59.3 Å². The molecule has 1 unspecified atom stereocenters. The van der Waals surface area contributed by atoms with E-state index in [0.717, 1.165) is 11.5 Å². The van der Waals surface area contributed by atoms with Crippen molar-refractivity contribution in [2.45, 2.75) is 33.7 Å². The summed E-state index contributed by atoms with van der Waals surface area (Å²) in [4.78, 5) is 11.9. The molecule has 0 saturated heterocycles. The molecule has 1 N–H and O–H groups in total. The molecule has 0 aliphatic rings. The Morgan fingerprint density at radius 1 is 1.33 bits per heavy atom. The summed E-state index contributed by atoms with van der Waals surface area (Å²) in [5, 5.41) is 11.2. The Balaban J connectivity index is 2.24. The van der Waals surface area contributed by atoms with Crippen molar-refractivity contribution in [2.75, 3.05) is 0 Å². The number of nitrogens with one attached hydrogen (secondary N) is 1. The van der Waals surface area contributed by atoms with Gasteiger partial charge in [0.05, 0.1) is 6.04 Å². The molecule has 18 heavy (non-hydrogen) atoms. The molecule has 5 nitrogen and oxygen atoms in total. The van der Waals surface area contributed by atoms with Crippen molar-refractivity contribution in [3.8, 4) is 0 Å². The maximum Gasteiger partial charge on any atom is 0.225 e. The highest BCUT2D eigenvalue weighted by molar-refractivity contribution is 5.81. The van der Waals surface area contributed by atoms with Crippen LogP contribution >= 0.6 is 0 Å². The number of carbonyl (C=O) groups excluding carboxylic acids is 1. The van der Waals surface area contributed by atoms with Crippen LogP contribution in [0.4, 0.5) is 0 Å². The van der Waals surface area contributed by atoms with Gasteiger partial charge in [-0.05, 0) is 19.1 Å². The first-order valence-corrected chi connectivity index (χ1v) is 6.00. The summed E-state index contributed by atoms with van der Waals surface area (Å²) < 4.78 is 1.88. The summed E-state index contributed by atoms with van der Waals surface area (Å²) in [5.74, 6) is 0.742. The van der Waals surface area contributed by atoms with Gasteiger partial charge in [0.25, 0.3) is 0 Å². The molecular weight excluding hydrogens is 228 g/mol. The number of carbonyl (C=O) groups is 1. The Hall–Kier alpha value is -1.91. The minimum absolute atomic E-state index is 0.00248. The fourth-order valence-electron chi connectivity index (χ4n) is 1.63. The zero-order valence-corrected chi connectivity index (χ0v) is 11.1. The Morgan fingerprint density at radius 2 is 2.06 bits per heavy atom. The summed E-state index contributed by atoms with van der Waals surface area (Å²) in [7, 11) is 0. The zero-order chi connectivity index (χ0) is 13.3. The smallest absolute Gasteiger partial charge is 0.225 e. The molecule has 2 heterocycles. The number of nitrogens with zero attached hydrogens (tertiary/aromatic N) is 3. The Labute approximate surface area is 106 Å². The van der Waals surface area contributed by atoms with Gasteiger partial charge in [0.1, 0.15) is 0 Å². The van der Waals surface area contributed by atoms with Crippen LogP contribution in [0.5, 0.6) is 0 Å². The lowest BCUT2D eigenvalue weighted by atomic mass is 9.95. The molecule has 0 aliphatic carbocycles. The van der Waals surface area contributed by atoms with Crippen LogP contribution in [-0.2, 0) is 4.79 Å². The van der Waals surface area contributed by atoms with Crippen LogP contribution in [0.1, 0.15) is 39.6 Å². The van der Waals surface area contributed by atoms with Gasteiger partial charge in [-0.1, -0.05) is 26.8 Å². The molecule has 1 atom stereocenters. The second-order valence-corrected chi connectivity index (χ2v) is 5.43. The molecule has 1 amide bonds. The largest absolute Gasteiger partial charge is 0.346 e. The van der Waals surface area contributed by atoms with E-state index in [0.29, 0.717) is 0 Å². The maximum absolute atomic E-state index is 11.9. The number of aromatic nitrogens is 3. The second-order valence-electron chi connectivity index (χ2n) is 5.43. The fraction of sp³-hybridized carbons (Fsp3) is 0.462. The summed E-state index contributed by atoms with van der Waals surface area (Å²) in [6.07, 6.45) is 1.89. The third-order valence-electron chi connectivity index (χ3n) is 2.76. The second kappa shape index (κ2) is 4.40. The van der Waals surface area contributed by atoms with Crippen molar-refractivity contribution < 1.29 is 4.79 Å². The molecule has 0 bridgehead atoms. The molecule has 0 aliphatic heterocycles. The summed E-state index contributed by atoms with van der Waals surface area (Å²) in [6.45, 7) is 7.57. The van der Waals surface area contributed by atoms with Gasteiger partial charge in [-0.15, -0.1) is 10.2 Å². The van der Waals surface area contributed by atoms with E-state index in [4.69, 9.17) is 0 Å². The van der Waals surface area contributed by atoms with Crippen molar-refractivity contribution in [3.63, 3.8) is 0 Å². The van der Waals surface area contributed by atoms with Crippen LogP contribution < -0.4 is 5.32 Å². The van der Waals surface area contributed by atoms with E-state index in [9.17, 15) is 4.79 Å². The van der Waals surface area contributed by atoms with E-state index in [-0.39, 0.29) is 11.9 Å². The summed E-state index contributed by atoms with van der Waals surface area (Å²) in [6, 6.07) is 5.54. The van der Waals surface area contributed by atoms with Gasteiger partial charge in [0.15, 0.2) is 11.5 Å². The van der Waals surface area contributed by atoms with Crippen LogP contribution in [0.15, 0.2) is 24.4 Å². The SMILES string of the molecule is CC(NC(=O)C(C)(C)C)c1nnc2ccccn12. The van der Waals surface area contributed by atoms with Crippen LogP contribution in [0.3, 0.4) is 0 Å². The third kappa shape index (κ3) is 2.34. The fourth-order valence-corrected chi connectivity index (χ4v) is 1.63. The predicted molar refractivity (Wildman–Crippen MR) is 69.0 cm³/mol. The maximum atomic E-state index is 11.9. The molecule has 5 heteroatoms. The molecule has 2 rings (SSSR count). The molecule has 0 aromatic carbocycles. The first-order chi connectivity index (χ1) is 8.39. The van der Waals surface area contributed by atoms with E-state index in [2.05, 4.69) is 15.5 Å². The average molecular weight is 246 g/mol. The average Bonchev–Trinajstić information content (AvgIpc) is 2.71. The molecule has 0 radical (unpaired) electrons. The lowest BCUT2D eigenvalue weighted by Crippen LogP contribution is -2.37. The van der Waals surface area contributed by atoms with Gasteiger partial charge in [0, 0.05) is 11.6 Å². The number of amides is 1. The molecule has 2 aromatic rings. The van der Waals surface area contributed by atoms with Crippen molar-refractivity contribution in [2.24, 2.45) is 5.41 Å². The van der Waals surface area contributed by atoms with E-state index in [1.165, 1.54) is 0 Å². The zero-order valence-electron chi connectivity index (χ0n) is 11.1. The quantitative estimate of drug-likeness (QED) is 0.881. The van der Waals surface area contributed by atoms with Crippen LogP contribution in [-0.4, -0.2) is 20.5 Å². The molecule has 0 spiro atoms. The molecule has 96 valence electrons. The minimum atomic E-state index is -0.408. The van der Waals surface area contributed by atoms with Gasteiger partial charge in [-0.2, -0.15) is 0 Å². The first-order valence-electron chi connectivity index (χ1n) is 6.00. The van der Waals surface area contributed by atoms with E-state index < -0.39 is 5.41 Å². The van der Waals surface area contributed by atoms with E-state index in [1.54, 1.807) is 0 Å². The number of fused-ring (bicyclic) bond motifs is 1. The Kier molecular flexibility index (Phi) is 3.07. The van der Waals surface area contributed by atoms with Gasteiger partial charge < -0.3 is 5.32 Å². The van der Waals surface area contributed by atoms with Crippen molar-refractivity contribution in [3.05, 3.63) is 30.2 Å². The first kappa shape index (κ1) is 12.5. The van der Waals surface area contributed by atoms with Crippen molar-refractivity contribution >= 4 is 11.6 Å². The van der Waals surface area contributed by atoms with Crippen LogP contribution in [0, 0.1) is 5.41 Å². The van der Waals surface area contributed by atoms with Gasteiger partial charge >= 0.3 is 0 Å². The molecule has 0 fully saturated rings. The number of hydrogen-bond acceptors (Lipinski definition) is 3. The van der Waals surface area contributed by atoms with Gasteiger partial charge in [-0.25, -0.2) is 0 Å². The predicted octanol–water partition coefficient (Wildman–Crippen LogP) is 1.95. The van der Waals surface area contributed by atoms with Crippen molar-refractivity contribution in [1.82, 2.24) is 19.9 Å². The van der Waals surface area contributed by atoms with Gasteiger partial charge in [0.2, 0.25) is 5.91 Å². The highest BCUT2D eigenvalue weighted by atomic mass is 16.2. The molecule has 0 saturated carbocycles. The van der Waals surface area contributed by atoms with Gasteiger partial charge in [-0.3, -0.25) is 9.20 Å². The monoisotopic (exact) mass is 246 g/mol. The number of rotatable bonds is 2. The Bertz CT molecular complexity index is 568. The molecule has 2 aromatic heterocycles.